The van der Waals surface area contributed by atoms with Crippen LogP contribution >= 0.6 is 11.6 Å². The van der Waals surface area contributed by atoms with Crippen molar-refractivity contribution in [2.45, 2.75) is 31.2 Å². The number of nitriles is 1. The van der Waals surface area contributed by atoms with E-state index in [0.717, 1.165) is 5.56 Å². The standard InChI is InChI=1S/C21H22ClFN2O2/c22-18-7-4-8-21(17(18)12-24)27-14-16(26)13-25-10-9-19(23)20(25)11-15-5-2-1-3-6-15/h1-8,16,19-20,26H,9-11,13-14H2/t16?,19-,20+/m0/s1. The largest absolute Gasteiger partial charge is 0.489 e. The SMILES string of the molecule is N#Cc1c(Cl)cccc1OCC(O)CN1CC[C@H](F)[C@H]1Cc1ccccc1. The predicted molar refractivity (Wildman–Crippen MR) is 103 cm³/mol. The van der Waals surface area contributed by atoms with Crippen molar-refractivity contribution >= 4 is 11.6 Å². The van der Waals surface area contributed by atoms with Crippen LogP contribution in [0.5, 0.6) is 5.75 Å². The highest BCUT2D eigenvalue weighted by atomic mass is 35.5. The van der Waals surface area contributed by atoms with Gasteiger partial charge in [0.2, 0.25) is 0 Å². The highest BCUT2D eigenvalue weighted by molar-refractivity contribution is 6.31. The number of aliphatic hydroxyl groups is 1. The van der Waals surface area contributed by atoms with E-state index in [1.165, 1.54) is 0 Å². The van der Waals surface area contributed by atoms with Gasteiger partial charge in [-0.3, -0.25) is 4.90 Å². The minimum absolute atomic E-state index is 0.0144. The van der Waals surface area contributed by atoms with Crippen LogP contribution in [0.25, 0.3) is 0 Å². The van der Waals surface area contributed by atoms with Crippen molar-refractivity contribution in [1.82, 2.24) is 4.90 Å². The molecule has 2 aromatic carbocycles. The van der Waals surface area contributed by atoms with E-state index < -0.39 is 12.3 Å². The first-order valence-corrected chi connectivity index (χ1v) is 9.38. The Bertz CT molecular complexity index is 797. The fraction of sp³-hybridized carbons (Fsp3) is 0.381. The predicted octanol–water partition coefficient (Wildman–Crippen LogP) is 3.61. The van der Waals surface area contributed by atoms with E-state index in [-0.39, 0.29) is 18.2 Å². The van der Waals surface area contributed by atoms with E-state index in [2.05, 4.69) is 0 Å². The second kappa shape index (κ2) is 9.18. The van der Waals surface area contributed by atoms with Crippen LogP contribution in [0.2, 0.25) is 5.02 Å². The number of β-amino-alcohol motifs (C(OH)–C–C–N with tert-alkyl or cyclic N) is 1. The van der Waals surface area contributed by atoms with E-state index in [4.69, 9.17) is 16.3 Å². The smallest absolute Gasteiger partial charge is 0.138 e. The first-order valence-electron chi connectivity index (χ1n) is 9.00. The second-order valence-corrected chi connectivity index (χ2v) is 7.15. The molecule has 3 rings (SSSR count). The fourth-order valence-electron chi connectivity index (χ4n) is 3.46. The van der Waals surface area contributed by atoms with Crippen LogP contribution in [-0.4, -0.2) is 48.0 Å². The lowest BCUT2D eigenvalue weighted by atomic mass is 10.0. The normalized spacial score (nSPS) is 21.0. The molecular weight excluding hydrogens is 367 g/mol. The van der Waals surface area contributed by atoms with Crippen molar-refractivity contribution in [2.75, 3.05) is 19.7 Å². The van der Waals surface area contributed by atoms with Crippen LogP contribution in [0, 0.1) is 11.3 Å². The molecule has 6 heteroatoms. The summed E-state index contributed by atoms with van der Waals surface area (Å²) in [6, 6.07) is 16.5. The summed E-state index contributed by atoms with van der Waals surface area (Å²) in [6.45, 7) is 0.942. The van der Waals surface area contributed by atoms with Gasteiger partial charge in [-0.15, -0.1) is 0 Å². The summed E-state index contributed by atoms with van der Waals surface area (Å²) in [7, 11) is 0. The zero-order valence-corrected chi connectivity index (χ0v) is 15.6. The van der Waals surface area contributed by atoms with E-state index >= 15 is 0 Å². The van der Waals surface area contributed by atoms with Gasteiger partial charge in [-0.25, -0.2) is 4.39 Å². The average molecular weight is 389 g/mol. The number of halogens is 2. The van der Waals surface area contributed by atoms with E-state index in [9.17, 15) is 14.8 Å². The third-order valence-corrected chi connectivity index (χ3v) is 5.14. The number of benzene rings is 2. The van der Waals surface area contributed by atoms with E-state index in [1.807, 2.05) is 41.3 Å². The topological polar surface area (TPSA) is 56.5 Å². The molecule has 0 aromatic heterocycles. The lowest BCUT2D eigenvalue weighted by Gasteiger charge is -2.27. The van der Waals surface area contributed by atoms with Gasteiger partial charge in [-0.05, 0) is 30.5 Å². The number of rotatable bonds is 7. The Hall–Kier alpha value is -2.13. The third kappa shape index (κ3) is 4.98. The number of hydrogen-bond donors (Lipinski definition) is 1. The molecule has 4 nitrogen and oxygen atoms in total. The van der Waals surface area contributed by atoms with Gasteiger partial charge in [0.05, 0.1) is 5.02 Å². The maximum Gasteiger partial charge on any atom is 0.138 e. The lowest BCUT2D eigenvalue weighted by molar-refractivity contribution is 0.0579. The van der Waals surface area contributed by atoms with Crippen molar-refractivity contribution in [3.63, 3.8) is 0 Å². The van der Waals surface area contributed by atoms with Crippen molar-refractivity contribution in [3.05, 3.63) is 64.7 Å². The minimum Gasteiger partial charge on any atom is -0.489 e. The molecule has 0 aliphatic carbocycles. The van der Waals surface area contributed by atoms with Crippen LogP contribution in [0.1, 0.15) is 17.5 Å². The Labute approximate surface area is 163 Å². The molecule has 3 atom stereocenters. The highest BCUT2D eigenvalue weighted by Gasteiger charge is 2.35. The highest BCUT2D eigenvalue weighted by Crippen LogP contribution is 2.27. The molecule has 2 aromatic rings. The Morgan fingerprint density at radius 3 is 2.78 bits per heavy atom. The summed E-state index contributed by atoms with van der Waals surface area (Å²) in [4.78, 5) is 1.98. The van der Waals surface area contributed by atoms with Crippen LogP contribution in [0.4, 0.5) is 4.39 Å². The second-order valence-electron chi connectivity index (χ2n) is 6.75. The third-order valence-electron chi connectivity index (χ3n) is 4.83. The molecule has 142 valence electrons. The zero-order chi connectivity index (χ0) is 19.2. The van der Waals surface area contributed by atoms with Crippen LogP contribution in [-0.2, 0) is 6.42 Å². The van der Waals surface area contributed by atoms with Crippen molar-refractivity contribution < 1.29 is 14.2 Å². The molecule has 0 amide bonds. The lowest BCUT2D eigenvalue weighted by Crippen LogP contribution is -2.42. The van der Waals surface area contributed by atoms with Crippen LogP contribution < -0.4 is 4.74 Å². The van der Waals surface area contributed by atoms with Gasteiger partial charge in [0, 0.05) is 19.1 Å². The van der Waals surface area contributed by atoms with Gasteiger partial charge < -0.3 is 9.84 Å². The molecule has 1 aliphatic heterocycles. The van der Waals surface area contributed by atoms with Crippen LogP contribution in [0.3, 0.4) is 0 Å². The first-order chi connectivity index (χ1) is 13.1. The molecule has 1 saturated heterocycles. The number of nitrogens with zero attached hydrogens (tertiary/aromatic N) is 2. The van der Waals surface area contributed by atoms with E-state index in [0.29, 0.717) is 36.7 Å². The number of aliphatic hydroxyl groups excluding tert-OH is 1. The monoisotopic (exact) mass is 388 g/mol. The van der Waals surface area contributed by atoms with Crippen molar-refractivity contribution in [3.8, 4) is 11.8 Å². The summed E-state index contributed by atoms with van der Waals surface area (Å²) in [5, 5.41) is 19.9. The molecule has 1 N–H and O–H groups in total. The van der Waals surface area contributed by atoms with Gasteiger partial charge in [0.25, 0.3) is 0 Å². The summed E-state index contributed by atoms with van der Waals surface area (Å²) in [6.07, 6.45) is -0.615. The minimum atomic E-state index is -0.906. The first kappa shape index (κ1) is 19.6. The van der Waals surface area contributed by atoms with E-state index in [1.54, 1.807) is 18.2 Å². The van der Waals surface area contributed by atoms with Gasteiger partial charge in [0.15, 0.2) is 0 Å². The number of hydrogen-bond acceptors (Lipinski definition) is 4. The number of alkyl halides is 1. The summed E-state index contributed by atoms with van der Waals surface area (Å²) in [5.74, 6) is 0.342. The number of ether oxygens (including phenoxy) is 1. The molecule has 1 fully saturated rings. The summed E-state index contributed by atoms with van der Waals surface area (Å²) < 4.78 is 19.9. The van der Waals surface area contributed by atoms with Gasteiger partial charge >= 0.3 is 0 Å². The molecule has 1 aliphatic rings. The maximum atomic E-state index is 14.4. The van der Waals surface area contributed by atoms with Crippen LogP contribution in [0.15, 0.2) is 48.5 Å². The van der Waals surface area contributed by atoms with Gasteiger partial charge in [0.1, 0.15) is 36.3 Å². The molecule has 27 heavy (non-hydrogen) atoms. The molecule has 0 saturated carbocycles. The van der Waals surface area contributed by atoms with Crippen molar-refractivity contribution in [2.24, 2.45) is 0 Å². The summed E-state index contributed by atoms with van der Waals surface area (Å²) >= 11 is 5.98. The zero-order valence-electron chi connectivity index (χ0n) is 14.9. The van der Waals surface area contributed by atoms with Gasteiger partial charge in [-0.1, -0.05) is 48.0 Å². The Balaban J connectivity index is 1.57. The molecule has 1 heterocycles. The molecule has 0 radical (unpaired) electrons. The quantitative estimate of drug-likeness (QED) is 0.787. The maximum absolute atomic E-state index is 14.4. The summed E-state index contributed by atoms with van der Waals surface area (Å²) in [5.41, 5.74) is 1.33. The van der Waals surface area contributed by atoms with Gasteiger partial charge in [-0.2, -0.15) is 5.26 Å². The molecule has 0 bridgehead atoms. The molecule has 1 unspecified atom stereocenters. The Morgan fingerprint density at radius 1 is 1.26 bits per heavy atom. The Kier molecular flexibility index (Phi) is 6.68. The molecular formula is C21H22ClFN2O2. The Morgan fingerprint density at radius 2 is 2.04 bits per heavy atom. The number of likely N-dealkylation sites (tertiary alicyclic amines) is 1. The molecule has 0 spiro atoms. The van der Waals surface area contributed by atoms with Crippen molar-refractivity contribution in [1.29, 1.82) is 5.26 Å². The average Bonchev–Trinajstić information content (AvgIpc) is 3.00. The fourth-order valence-corrected chi connectivity index (χ4v) is 3.67.